The molecule has 2 aliphatic carbocycles. The Morgan fingerprint density at radius 3 is 2.93 bits per heavy atom. The molecule has 0 amide bonds. The van der Waals surface area contributed by atoms with Crippen molar-refractivity contribution in [3.8, 4) is 0 Å². The van der Waals surface area contributed by atoms with Crippen LogP contribution >= 0.6 is 0 Å². The predicted molar refractivity (Wildman–Crippen MR) is 55.9 cm³/mol. The summed E-state index contributed by atoms with van der Waals surface area (Å²) in [6.07, 6.45) is 4.71. The summed E-state index contributed by atoms with van der Waals surface area (Å²) in [7, 11) is 0. The third-order valence-electron chi connectivity index (χ3n) is 3.77. The molecule has 2 nitrogen and oxygen atoms in total. The fraction of sp³-hybridized carbons (Fsp3) is 0.583. The molecule has 2 atom stereocenters. The van der Waals surface area contributed by atoms with Crippen LogP contribution in [0.5, 0.6) is 0 Å². The molecule has 0 spiro atoms. The molecular formula is C12H16N2. The molecule has 0 aliphatic heterocycles. The molecule has 0 radical (unpaired) electrons. The summed E-state index contributed by atoms with van der Waals surface area (Å²) in [6.45, 7) is 2.20. The summed E-state index contributed by atoms with van der Waals surface area (Å²) < 4.78 is 0. The first-order valence-corrected chi connectivity index (χ1v) is 5.48. The molecule has 1 saturated carbocycles. The van der Waals surface area contributed by atoms with Crippen LogP contribution < -0.4 is 5.73 Å². The SMILES string of the molecule is CC1CC1(N)c1ccc2c(n1)CCC2. The molecule has 74 valence electrons. The maximum atomic E-state index is 6.24. The van der Waals surface area contributed by atoms with Crippen LogP contribution in [0.3, 0.4) is 0 Å². The Balaban J connectivity index is 2.01. The van der Waals surface area contributed by atoms with Crippen LogP contribution in [0.25, 0.3) is 0 Å². The van der Waals surface area contributed by atoms with Crippen molar-refractivity contribution < 1.29 is 0 Å². The average molecular weight is 188 g/mol. The Bertz CT molecular complexity index is 386. The number of hydrogen-bond donors (Lipinski definition) is 1. The number of nitrogens with zero attached hydrogens (tertiary/aromatic N) is 1. The van der Waals surface area contributed by atoms with E-state index in [9.17, 15) is 0 Å². The Kier molecular flexibility index (Phi) is 1.55. The number of fused-ring (bicyclic) bond motifs is 1. The van der Waals surface area contributed by atoms with Gasteiger partial charge in [0.25, 0.3) is 0 Å². The zero-order valence-corrected chi connectivity index (χ0v) is 8.59. The zero-order chi connectivity index (χ0) is 9.76. The van der Waals surface area contributed by atoms with Gasteiger partial charge in [-0.05, 0) is 43.2 Å². The van der Waals surface area contributed by atoms with Gasteiger partial charge in [-0.2, -0.15) is 0 Å². The molecular weight excluding hydrogens is 172 g/mol. The van der Waals surface area contributed by atoms with Crippen molar-refractivity contribution in [2.45, 2.75) is 38.1 Å². The van der Waals surface area contributed by atoms with Gasteiger partial charge in [0.1, 0.15) is 0 Å². The summed E-state index contributed by atoms with van der Waals surface area (Å²) in [5.41, 5.74) is 9.99. The lowest BCUT2D eigenvalue weighted by Crippen LogP contribution is -2.23. The summed E-state index contributed by atoms with van der Waals surface area (Å²) in [5, 5.41) is 0. The van der Waals surface area contributed by atoms with E-state index in [2.05, 4.69) is 19.1 Å². The molecule has 2 heteroatoms. The van der Waals surface area contributed by atoms with Crippen molar-refractivity contribution in [3.63, 3.8) is 0 Å². The second-order valence-electron chi connectivity index (χ2n) is 4.80. The van der Waals surface area contributed by atoms with E-state index in [0.717, 1.165) is 18.5 Å². The molecule has 0 saturated heterocycles. The fourth-order valence-electron chi connectivity index (χ4n) is 2.48. The Labute approximate surface area is 84.5 Å². The molecule has 2 unspecified atom stereocenters. The van der Waals surface area contributed by atoms with Crippen LogP contribution in [-0.2, 0) is 18.4 Å². The molecule has 1 fully saturated rings. The van der Waals surface area contributed by atoms with Gasteiger partial charge in [0.2, 0.25) is 0 Å². The molecule has 1 aromatic heterocycles. The lowest BCUT2D eigenvalue weighted by Gasteiger charge is -2.11. The number of aryl methyl sites for hydroxylation is 2. The minimum atomic E-state index is -0.0996. The number of aromatic nitrogens is 1. The van der Waals surface area contributed by atoms with E-state index in [0.29, 0.717) is 5.92 Å². The monoisotopic (exact) mass is 188 g/mol. The summed E-state index contributed by atoms with van der Waals surface area (Å²) >= 11 is 0. The number of pyridine rings is 1. The van der Waals surface area contributed by atoms with Crippen molar-refractivity contribution in [1.29, 1.82) is 0 Å². The smallest absolute Gasteiger partial charge is 0.0613 e. The number of rotatable bonds is 1. The quantitative estimate of drug-likeness (QED) is 0.729. The Morgan fingerprint density at radius 2 is 2.21 bits per heavy atom. The molecule has 1 heterocycles. The third kappa shape index (κ3) is 1.04. The normalized spacial score (nSPS) is 34.3. The van der Waals surface area contributed by atoms with E-state index in [-0.39, 0.29) is 5.54 Å². The van der Waals surface area contributed by atoms with Gasteiger partial charge < -0.3 is 5.73 Å². The summed E-state index contributed by atoms with van der Waals surface area (Å²) in [4.78, 5) is 4.71. The highest BCUT2D eigenvalue weighted by Gasteiger charge is 2.50. The van der Waals surface area contributed by atoms with Gasteiger partial charge >= 0.3 is 0 Å². The molecule has 0 aromatic carbocycles. The van der Waals surface area contributed by atoms with E-state index in [1.54, 1.807) is 0 Å². The Morgan fingerprint density at radius 1 is 1.43 bits per heavy atom. The predicted octanol–water partition coefficient (Wildman–Crippen LogP) is 1.76. The van der Waals surface area contributed by atoms with Crippen LogP contribution in [0.15, 0.2) is 12.1 Å². The van der Waals surface area contributed by atoms with Gasteiger partial charge in [-0.3, -0.25) is 4.98 Å². The van der Waals surface area contributed by atoms with Gasteiger partial charge in [0.15, 0.2) is 0 Å². The first-order valence-electron chi connectivity index (χ1n) is 5.48. The molecule has 0 bridgehead atoms. The van der Waals surface area contributed by atoms with E-state index in [1.807, 2.05) is 0 Å². The number of hydrogen-bond acceptors (Lipinski definition) is 2. The van der Waals surface area contributed by atoms with Crippen molar-refractivity contribution in [2.24, 2.45) is 11.7 Å². The fourth-order valence-corrected chi connectivity index (χ4v) is 2.48. The average Bonchev–Trinajstić information content (AvgIpc) is 2.66. The maximum Gasteiger partial charge on any atom is 0.0613 e. The zero-order valence-electron chi connectivity index (χ0n) is 8.59. The van der Waals surface area contributed by atoms with Crippen LogP contribution in [-0.4, -0.2) is 4.98 Å². The van der Waals surface area contributed by atoms with E-state index < -0.39 is 0 Å². The lowest BCUT2D eigenvalue weighted by molar-refractivity contribution is 0.637. The molecule has 1 aromatic rings. The van der Waals surface area contributed by atoms with E-state index in [1.165, 1.54) is 24.1 Å². The van der Waals surface area contributed by atoms with Crippen molar-refractivity contribution in [1.82, 2.24) is 4.98 Å². The first kappa shape index (κ1) is 8.42. The van der Waals surface area contributed by atoms with Gasteiger partial charge in [0.05, 0.1) is 11.2 Å². The van der Waals surface area contributed by atoms with Gasteiger partial charge in [-0.25, -0.2) is 0 Å². The standard InChI is InChI=1S/C12H16N2/c1-8-7-12(8,13)11-6-5-9-3-2-4-10(9)14-11/h5-6,8H,2-4,7,13H2,1H3. The van der Waals surface area contributed by atoms with Crippen molar-refractivity contribution in [3.05, 3.63) is 29.1 Å². The third-order valence-corrected chi connectivity index (χ3v) is 3.77. The van der Waals surface area contributed by atoms with Gasteiger partial charge in [0, 0.05) is 5.69 Å². The second kappa shape index (κ2) is 2.57. The Hall–Kier alpha value is -0.890. The molecule has 2 N–H and O–H groups in total. The van der Waals surface area contributed by atoms with Crippen LogP contribution in [0.1, 0.15) is 36.7 Å². The van der Waals surface area contributed by atoms with Crippen LogP contribution in [0, 0.1) is 5.92 Å². The second-order valence-corrected chi connectivity index (χ2v) is 4.80. The van der Waals surface area contributed by atoms with Crippen molar-refractivity contribution in [2.75, 3.05) is 0 Å². The summed E-state index contributed by atoms with van der Waals surface area (Å²) in [6, 6.07) is 4.36. The van der Waals surface area contributed by atoms with Crippen LogP contribution in [0.2, 0.25) is 0 Å². The van der Waals surface area contributed by atoms with Crippen molar-refractivity contribution >= 4 is 0 Å². The van der Waals surface area contributed by atoms with Gasteiger partial charge in [-0.15, -0.1) is 0 Å². The maximum absolute atomic E-state index is 6.24. The van der Waals surface area contributed by atoms with Gasteiger partial charge in [-0.1, -0.05) is 13.0 Å². The van der Waals surface area contributed by atoms with E-state index in [4.69, 9.17) is 10.7 Å². The topological polar surface area (TPSA) is 38.9 Å². The highest BCUT2D eigenvalue weighted by Crippen LogP contribution is 2.48. The van der Waals surface area contributed by atoms with Crippen LogP contribution in [0.4, 0.5) is 0 Å². The number of nitrogens with two attached hydrogens (primary N) is 1. The highest BCUT2D eigenvalue weighted by atomic mass is 14.9. The molecule has 3 rings (SSSR count). The lowest BCUT2D eigenvalue weighted by atomic mass is 10.1. The minimum absolute atomic E-state index is 0.0996. The summed E-state index contributed by atoms with van der Waals surface area (Å²) in [5.74, 6) is 0.606. The molecule has 2 aliphatic rings. The molecule has 14 heavy (non-hydrogen) atoms. The first-order chi connectivity index (χ1) is 6.70. The largest absolute Gasteiger partial charge is 0.320 e. The minimum Gasteiger partial charge on any atom is -0.320 e. The van der Waals surface area contributed by atoms with E-state index >= 15 is 0 Å². The highest BCUT2D eigenvalue weighted by molar-refractivity contribution is 5.33.